The summed E-state index contributed by atoms with van der Waals surface area (Å²) < 4.78 is 6.82. The van der Waals surface area contributed by atoms with E-state index in [0.717, 1.165) is 35.4 Å². The zero-order valence-corrected chi connectivity index (χ0v) is 21.2. The highest BCUT2D eigenvalue weighted by atomic mass is 32.2. The quantitative estimate of drug-likeness (QED) is 0.389. The number of quaternary nitrogens is 1. The number of carbonyl (C=O) groups is 2. The van der Waals surface area contributed by atoms with Crippen molar-refractivity contribution in [2.45, 2.75) is 63.5 Å². The molecule has 2 fully saturated rings. The molecule has 0 saturated carbocycles. The van der Waals surface area contributed by atoms with Gasteiger partial charge in [-0.3, -0.25) is 9.69 Å². The minimum Gasteiger partial charge on any atom is -0.515 e. The number of fused-ring (bicyclic) bond motifs is 1. The van der Waals surface area contributed by atoms with Crippen LogP contribution in [0.5, 0.6) is 0 Å². The first-order valence-corrected chi connectivity index (χ1v) is 18.3. The molecule has 0 radical (unpaired) electrons. The molecule has 0 bridgehead atoms. The molecule has 1 amide bonds. The molecule has 0 aliphatic carbocycles. The summed E-state index contributed by atoms with van der Waals surface area (Å²) in [6, 6.07) is -0.176. The summed E-state index contributed by atoms with van der Waals surface area (Å²) in [4.78, 5) is 31.5. The van der Waals surface area contributed by atoms with E-state index in [2.05, 4.69) is 31.7 Å². The number of likely N-dealkylation sites (tertiary alicyclic amines) is 1. The Hall–Kier alpha value is -0.616. The summed E-state index contributed by atoms with van der Waals surface area (Å²) in [6.07, 6.45) is 2.47. The lowest BCUT2D eigenvalue weighted by Crippen LogP contribution is -2.73. The van der Waals surface area contributed by atoms with Gasteiger partial charge in [-0.1, -0.05) is 19.6 Å². The van der Waals surface area contributed by atoms with Gasteiger partial charge in [-0.2, -0.15) is 0 Å². The van der Waals surface area contributed by atoms with Crippen LogP contribution >= 0.6 is 11.8 Å². The molecule has 3 aliphatic rings. The average Bonchev–Trinajstić information content (AvgIpc) is 2.96. The Morgan fingerprint density at radius 3 is 2.36 bits per heavy atom. The van der Waals surface area contributed by atoms with Crippen molar-refractivity contribution in [2.24, 2.45) is 0 Å². The zero-order valence-electron chi connectivity index (χ0n) is 18.4. The van der Waals surface area contributed by atoms with Gasteiger partial charge in [-0.25, -0.2) is 4.79 Å². The van der Waals surface area contributed by atoms with Crippen LogP contribution in [0.2, 0.25) is 39.3 Å². The van der Waals surface area contributed by atoms with Gasteiger partial charge in [0.25, 0.3) is 0 Å². The predicted molar refractivity (Wildman–Crippen MR) is 120 cm³/mol. The van der Waals surface area contributed by atoms with Crippen molar-refractivity contribution < 1.29 is 18.5 Å². The number of rotatable bonds is 6. The fraction of sp³-hybridized carbons (Fsp3) is 0.789. The number of hydrogen-bond donors (Lipinski definition) is 1. The number of amides is 1. The van der Waals surface area contributed by atoms with E-state index in [1.165, 1.54) is 12.8 Å². The number of hydrogen-bond acceptors (Lipinski definition) is 5. The minimum atomic E-state index is -2.04. The summed E-state index contributed by atoms with van der Waals surface area (Å²) >= 11 is 1.80. The van der Waals surface area contributed by atoms with E-state index in [4.69, 9.17) is 4.43 Å². The van der Waals surface area contributed by atoms with Gasteiger partial charge in [0.05, 0.1) is 20.1 Å². The van der Waals surface area contributed by atoms with Gasteiger partial charge < -0.3 is 13.9 Å². The molecule has 3 heterocycles. The second-order valence-corrected chi connectivity index (χ2v) is 21.0. The molecule has 0 aromatic heterocycles. The van der Waals surface area contributed by atoms with Crippen molar-refractivity contribution in [3.8, 4) is 0 Å². The number of nitrogens with zero attached hydrogens (tertiary/aromatic N) is 2. The van der Waals surface area contributed by atoms with Crippen molar-refractivity contribution in [3.05, 3.63) is 11.3 Å². The Labute approximate surface area is 175 Å². The first-order chi connectivity index (χ1) is 12.8. The molecular formula is C19H36N3O3SSi2+. The zero-order chi connectivity index (χ0) is 20.9. The highest BCUT2D eigenvalue weighted by Gasteiger charge is 2.55. The lowest BCUT2D eigenvalue weighted by atomic mass is 10.0. The molecular weight excluding hydrogens is 406 g/mol. The normalized spacial score (nSPS) is 27.5. The maximum absolute atomic E-state index is 13.2. The third-order valence-corrected chi connectivity index (χ3v) is 8.76. The van der Waals surface area contributed by atoms with Crippen LogP contribution < -0.4 is 4.98 Å². The van der Waals surface area contributed by atoms with Crippen LogP contribution in [0.15, 0.2) is 11.3 Å². The largest absolute Gasteiger partial charge is 0.515 e. The van der Waals surface area contributed by atoms with Crippen molar-refractivity contribution >= 4 is 40.2 Å². The first kappa shape index (κ1) is 22.1. The molecule has 2 atom stereocenters. The van der Waals surface area contributed by atoms with Crippen LogP contribution in [-0.2, 0) is 14.0 Å². The smallest absolute Gasteiger partial charge is 0.341 e. The van der Waals surface area contributed by atoms with E-state index in [-0.39, 0.29) is 23.3 Å². The van der Waals surface area contributed by atoms with Gasteiger partial charge >= 0.3 is 5.97 Å². The summed E-state index contributed by atoms with van der Waals surface area (Å²) in [5.74, 6) is 0.552. The number of nitrogens with one attached hydrogen (secondary N) is 1. The summed E-state index contributed by atoms with van der Waals surface area (Å²) in [5.41, 5.74) is 1.64. The van der Waals surface area contributed by atoms with Crippen molar-refractivity contribution in [1.29, 1.82) is 0 Å². The number of carbonyl (C=O) groups excluding carboxylic acids is 2. The molecule has 6 nitrogen and oxygen atoms in total. The molecule has 0 aromatic rings. The first-order valence-electron chi connectivity index (χ1n) is 10.3. The molecule has 0 spiro atoms. The SMILES string of the molecule is C[N+]1(CC2=C(C(=O)O[Si](C)(C)C)N3C(=O)C(N[Si](C)(C)C)C3SC2)CCCC1. The second kappa shape index (κ2) is 7.57. The summed E-state index contributed by atoms with van der Waals surface area (Å²) in [7, 11) is -1.37. The molecule has 1 N–H and O–H groups in total. The van der Waals surface area contributed by atoms with Crippen LogP contribution in [0, 0.1) is 0 Å². The highest BCUT2D eigenvalue weighted by molar-refractivity contribution is 8.00. The lowest BCUT2D eigenvalue weighted by Gasteiger charge is -2.52. The fourth-order valence-corrected chi connectivity index (χ4v) is 7.63. The van der Waals surface area contributed by atoms with Crippen molar-refractivity contribution in [1.82, 2.24) is 9.88 Å². The maximum atomic E-state index is 13.2. The number of β-lactam (4-membered cyclic amide) rings is 1. The number of likely N-dealkylation sites (N-methyl/N-ethyl adjacent to an activating group) is 1. The Morgan fingerprint density at radius 2 is 1.82 bits per heavy atom. The molecule has 158 valence electrons. The van der Waals surface area contributed by atoms with Gasteiger partial charge in [0.1, 0.15) is 31.9 Å². The van der Waals surface area contributed by atoms with E-state index >= 15 is 0 Å². The molecule has 0 aromatic carbocycles. The molecule has 2 saturated heterocycles. The Balaban J connectivity index is 1.90. The molecule has 3 rings (SSSR count). The van der Waals surface area contributed by atoms with Gasteiger partial charge in [0.2, 0.25) is 14.2 Å². The molecule has 2 unspecified atom stereocenters. The predicted octanol–water partition coefficient (Wildman–Crippen LogP) is 2.57. The summed E-state index contributed by atoms with van der Waals surface area (Å²) in [5, 5.41) is 0.0102. The fourth-order valence-electron chi connectivity index (χ4n) is 4.30. The van der Waals surface area contributed by atoms with Crippen LogP contribution in [-0.4, -0.2) is 81.7 Å². The minimum absolute atomic E-state index is 0.0102. The van der Waals surface area contributed by atoms with Gasteiger partial charge in [-0.05, 0) is 19.6 Å². The van der Waals surface area contributed by atoms with Crippen LogP contribution in [0.25, 0.3) is 0 Å². The van der Waals surface area contributed by atoms with Crippen LogP contribution in [0.4, 0.5) is 0 Å². The van der Waals surface area contributed by atoms with Crippen molar-refractivity contribution in [3.63, 3.8) is 0 Å². The summed E-state index contributed by atoms with van der Waals surface area (Å²) in [6.45, 7) is 15.8. The van der Waals surface area contributed by atoms with Gasteiger partial charge in [0, 0.05) is 24.2 Å². The van der Waals surface area contributed by atoms with E-state index in [1.807, 2.05) is 19.6 Å². The number of thioether (sulfide) groups is 1. The van der Waals surface area contributed by atoms with Crippen molar-refractivity contribution in [2.75, 3.05) is 32.4 Å². The van der Waals surface area contributed by atoms with Crippen LogP contribution in [0.3, 0.4) is 0 Å². The van der Waals surface area contributed by atoms with Crippen LogP contribution in [0.1, 0.15) is 12.8 Å². The second-order valence-electron chi connectivity index (χ2n) is 10.7. The monoisotopic (exact) mass is 442 g/mol. The van der Waals surface area contributed by atoms with E-state index in [9.17, 15) is 9.59 Å². The van der Waals surface area contributed by atoms with E-state index in [1.54, 1.807) is 16.7 Å². The van der Waals surface area contributed by atoms with E-state index < -0.39 is 16.6 Å². The maximum Gasteiger partial charge on any atom is 0.341 e. The van der Waals surface area contributed by atoms with Gasteiger partial charge in [0.15, 0.2) is 0 Å². The molecule has 28 heavy (non-hydrogen) atoms. The topological polar surface area (TPSA) is 58.6 Å². The Kier molecular flexibility index (Phi) is 5.97. The standard InChI is InChI=1S/C19H36N3O3SSi2/c1-22(10-8-9-11-22)12-14-13-26-18-15(20-27(2,3)4)17(23)21(18)16(14)19(24)25-28(5,6)7/h15,18,20H,8-13H2,1-7H3/q+1. The Morgan fingerprint density at radius 1 is 1.21 bits per heavy atom. The third kappa shape index (κ3) is 4.75. The van der Waals surface area contributed by atoms with Gasteiger partial charge in [-0.15, -0.1) is 11.8 Å². The average molecular weight is 443 g/mol. The van der Waals surface area contributed by atoms with E-state index in [0.29, 0.717) is 5.70 Å². The molecule has 3 aliphatic heterocycles. The molecule has 9 heteroatoms. The highest BCUT2D eigenvalue weighted by Crippen LogP contribution is 2.42. The Bertz CT molecular complexity index is 694. The lowest BCUT2D eigenvalue weighted by molar-refractivity contribution is -0.893. The third-order valence-electron chi connectivity index (χ3n) is 5.45.